The average molecular weight is 388 g/mol. The number of rotatable bonds is 4. The fraction of sp³-hybridized carbons (Fsp3) is 0.333. The molecule has 0 aromatic heterocycles. The van der Waals surface area contributed by atoms with E-state index in [1.54, 1.807) is 11.4 Å². The predicted molar refractivity (Wildman–Crippen MR) is 75.2 cm³/mol. The third-order valence-electron chi connectivity index (χ3n) is 2.32. The van der Waals surface area contributed by atoms with Gasteiger partial charge >= 0.3 is 6.18 Å². The zero-order chi connectivity index (χ0) is 16.2. The molecule has 0 aliphatic heterocycles. The van der Waals surface area contributed by atoms with Crippen molar-refractivity contribution in [1.82, 2.24) is 10.2 Å². The molecule has 0 unspecified atom stereocenters. The summed E-state index contributed by atoms with van der Waals surface area (Å²) in [6.45, 7) is -1.92. The SMILES string of the molecule is CN(CC(=O)NCC(F)(F)F)C(=O)c1cc(Cl)cc(Br)c1. The molecule has 1 aromatic carbocycles. The molecule has 4 nitrogen and oxygen atoms in total. The van der Waals surface area contributed by atoms with Crippen LogP contribution < -0.4 is 5.32 Å². The Morgan fingerprint density at radius 2 is 1.95 bits per heavy atom. The van der Waals surface area contributed by atoms with Crippen molar-refractivity contribution in [3.05, 3.63) is 33.3 Å². The Morgan fingerprint density at radius 3 is 2.48 bits per heavy atom. The van der Waals surface area contributed by atoms with Gasteiger partial charge in [-0.25, -0.2) is 0 Å². The largest absolute Gasteiger partial charge is 0.405 e. The van der Waals surface area contributed by atoms with Gasteiger partial charge in [0, 0.05) is 22.1 Å². The summed E-state index contributed by atoms with van der Waals surface area (Å²) in [7, 11) is 1.31. The maximum Gasteiger partial charge on any atom is 0.405 e. The number of halogens is 5. The summed E-state index contributed by atoms with van der Waals surface area (Å²) in [5, 5.41) is 2.01. The van der Waals surface area contributed by atoms with Crippen molar-refractivity contribution in [1.29, 1.82) is 0 Å². The van der Waals surface area contributed by atoms with Gasteiger partial charge in [0.25, 0.3) is 5.91 Å². The second-order valence-electron chi connectivity index (χ2n) is 4.21. The molecule has 9 heteroatoms. The highest BCUT2D eigenvalue weighted by Gasteiger charge is 2.28. The summed E-state index contributed by atoms with van der Waals surface area (Å²) in [6, 6.07) is 4.48. The van der Waals surface area contributed by atoms with Crippen LogP contribution in [-0.2, 0) is 4.79 Å². The molecule has 1 N–H and O–H groups in total. The molecule has 0 fully saturated rings. The van der Waals surface area contributed by atoms with E-state index in [4.69, 9.17) is 11.6 Å². The van der Waals surface area contributed by atoms with Gasteiger partial charge in [-0.3, -0.25) is 9.59 Å². The van der Waals surface area contributed by atoms with Gasteiger partial charge in [-0.15, -0.1) is 0 Å². The summed E-state index contributed by atoms with van der Waals surface area (Å²) in [6.07, 6.45) is -4.49. The summed E-state index contributed by atoms with van der Waals surface area (Å²) in [5.41, 5.74) is 0.223. The van der Waals surface area contributed by atoms with Crippen LogP contribution in [0, 0.1) is 0 Å². The Kier molecular flexibility index (Phi) is 6.03. The van der Waals surface area contributed by atoms with Gasteiger partial charge in [0.2, 0.25) is 5.91 Å². The summed E-state index contributed by atoms with van der Waals surface area (Å²) in [4.78, 5) is 24.4. The van der Waals surface area contributed by atoms with E-state index in [1.165, 1.54) is 19.2 Å². The maximum atomic E-state index is 12.0. The Balaban J connectivity index is 2.64. The average Bonchev–Trinajstić information content (AvgIpc) is 2.33. The van der Waals surface area contributed by atoms with Crippen LogP contribution in [0.3, 0.4) is 0 Å². The van der Waals surface area contributed by atoms with Gasteiger partial charge < -0.3 is 10.2 Å². The second-order valence-corrected chi connectivity index (χ2v) is 5.56. The van der Waals surface area contributed by atoms with Crippen molar-refractivity contribution >= 4 is 39.3 Å². The highest BCUT2D eigenvalue weighted by atomic mass is 79.9. The van der Waals surface area contributed by atoms with E-state index in [2.05, 4.69) is 15.9 Å². The number of alkyl halides is 3. The molecule has 0 radical (unpaired) electrons. The van der Waals surface area contributed by atoms with E-state index in [0.29, 0.717) is 9.50 Å². The minimum Gasteiger partial charge on any atom is -0.345 e. The van der Waals surface area contributed by atoms with Gasteiger partial charge in [-0.1, -0.05) is 27.5 Å². The van der Waals surface area contributed by atoms with Gasteiger partial charge in [-0.2, -0.15) is 13.2 Å². The van der Waals surface area contributed by atoms with Crippen molar-refractivity contribution in [2.45, 2.75) is 6.18 Å². The van der Waals surface area contributed by atoms with Gasteiger partial charge in [0.05, 0.1) is 6.54 Å². The molecule has 1 rings (SSSR count). The van der Waals surface area contributed by atoms with Crippen molar-refractivity contribution < 1.29 is 22.8 Å². The molecule has 2 amide bonds. The first-order chi connectivity index (χ1) is 9.58. The minimum absolute atomic E-state index is 0.223. The lowest BCUT2D eigenvalue weighted by Gasteiger charge is -2.17. The van der Waals surface area contributed by atoms with Crippen molar-refractivity contribution in [2.24, 2.45) is 0 Å². The maximum absolute atomic E-state index is 12.0. The van der Waals surface area contributed by atoms with E-state index < -0.39 is 31.1 Å². The van der Waals surface area contributed by atoms with E-state index in [1.807, 2.05) is 0 Å². The van der Waals surface area contributed by atoms with Crippen LogP contribution in [0.4, 0.5) is 13.2 Å². The highest BCUT2D eigenvalue weighted by Crippen LogP contribution is 2.20. The molecule has 0 aliphatic rings. The van der Waals surface area contributed by atoms with Crippen LogP contribution in [0.5, 0.6) is 0 Å². The van der Waals surface area contributed by atoms with E-state index in [0.717, 1.165) is 4.90 Å². The van der Waals surface area contributed by atoms with Crippen LogP contribution in [0.1, 0.15) is 10.4 Å². The third kappa shape index (κ3) is 6.34. The Bertz CT molecular complexity index is 532. The number of carbonyl (C=O) groups is 2. The van der Waals surface area contributed by atoms with Crippen LogP contribution >= 0.6 is 27.5 Å². The fourth-order valence-corrected chi connectivity index (χ4v) is 2.30. The standard InChI is InChI=1S/C12H11BrClF3N2O2/c1-19(5-10(20)18-6-12(15,16)17)11(21)7-2-8(13)4-9(14)3-7/h2-4H,5-6H2,1H3,(H,18,20). The first kappa shape index (κ1) is 17.8. The van der Waals surface area contributed by atoms with Crippen molar-refractivity contribution in [2.75, 3.05) is 20.1 Å². The lowest BCUT2D eigenvalue weighted by molar-refractivity contribution is -0.138. The topological polar surface area (TPSA) is 49.4 Å². The molecular weight excluding hydrogens is 376 g/mol. The number of hydrogen-bond donors (Lipinski definition) is 1. The van der Waals surface area contributed by atoms with Gasteiger partial charge in [0.1, 0.15) is 6.54 Å². The number of carbonyl (C=O) groups excluding carboxylic acids is 2. The van der Waals surface area contributed by atoms with Crippen LogP contribution in [0.15, 0.2) is 22.7 Å². The predicted octanol–water partition coefficient (Wildman–Crippen LogP) is 2.85. The number of likely N-dealkylation sites (N-methyl/N-ethyl adjacent to an activating group) is 1. The Morgan fingerprint density at radius 1 is 1.33 bits per heavy atom. The van der Waals surface area contributed by atoms with Crippen molar-refractivity contribution in [3.8, 4) is 0 Å². The molecule has 0 bridgehead atoms. The van der Waals surface area contributed by atoms with Crippen molar-refractivity contribution in [3.63, 3.8) is 0 Å². The number of nitrogens with zero attached hydrogens (tertiary/aromatic N) is 1. The molecular formula is C12H11BrClF3N2O2. The summed E-state index contributed by atoms with van der Waals surface area (Å²) >= 11 is 8.97. The van der Waals surface area contributed by atoms with Crippen LogP contribution in [0.25, 0.3) is 0 Å². The molecule has 0 atom stereocenters. The molecule has 0 saturated heterocycles. The number of hydrogen-bond acceptors (Lipinski definition) is 2. The molecule has 0 spiro atoms. The minimum atomic E-state index is -4.49. The molecule has 0 saturated carbocycles. The number of nitrogens with one attached hydrogen (secondary N) is 1. The highest BCUT2D eigenvalue weighted by molar-refractivity contribution is 9.10. The zero-order valence-electron chi connectivity index (χ0n) is 10.8. The number of amides is 2. The third-order valence-corrected chi connectivity index (χ3v) is 3.00. The normalized spacial score (nSPS) is 11.1. The first-order valence-corrected chi connectivity index (χ1v) is 6.80. The quantitative estimate of drug-likeness (QED) is 0.864. The van der Waals surface area contributed by atoms with E-state index in [-0.39, 0.29) is 5.56 Å². The van der Waals surface area contributed by atoms with E-state index >= 15 is 0 Å². The molecule has 0 aliphatic carbocycles. The molecule has 0 heterocycles. The summed E-state index contributed by atoms with van der Waals surface area (Å²) in [5.74, 6) is -1.43. The number of benzene rings is 1. The van der Waals surface area contributed by atoms with Crippen LogP contribution in [-0.4, -0.2) is 43.0 Å². The lowest BCUT2D eigenvalue weighted by atomic mass is 10.2. The molecule has 1 aromatic rings. The smallest absolute Gasteiger partial charge is 0.345 e. The zero-order valence-corrected chi connectivity index (χ0v) is 13.1. The second kappa shape index (κ2) is 7.13. The molecule has 116 valence electrons. The molecule has 21 heavy (non-hydrogen) atoms. The van der Waals surface area contributed by atoms with E-state index in [9.17, 15) is 22.8 Å². The Labute approximate surface area is 132 Å². The first-order valence-electron chi connectivity index (χ1n) is 5.63. The summed E-state index contributed by atoms with van der Waals surface area (Å²) < 4.78 is 36.4. The Hall–Kier alpha value is -1.28. The van der Waals surface area contributed by atoms with Gasteiger partial charge in [-0.05, 0) is 18.2 Å². The van der Waals surface area contributed by atoms with Gasteiger partial charge in [0.15, 0.2) is 0 Å². The van der Waals surface area contributed by atoms with Crippen LogP contribution in [0.2, 0.25) is 5.02 Å². The lowest BCUT2D eigenvalue weighted by Crippen LogP contribution is -2.41. The fourth-order valence-electron chi connectivity index (χ4n) is 1.44. The monoisotopic (exact) mass is 386 g/mol.